The first-order valence-electron chi connectivity index (χ1n) is 11.1. The maximum Gasteiger partial charge on any atom is 0.408 e. The smallest absolute Gasteiger partial charge is 0.408 e. The average molecular weight is 500 g/mol. The molecule has 0 aromatic heterocycles. The molecule has 3 N–H and O–H groups in total. The second kappa shape index (κ2) is 12.3. The van der Waals surface area contributed by atoms with E-state index in [0.29, 0.717) is 11.3 Å². The number of ether oxygens (including phenoxy) is 1. The molecule has 188 valence electrons. The lowest BCUT2D eigenvalue weighted by atomic mass is 10.0. The number of alkyl carbamates (subject to hydrolysis) is 1. The molecule has 9 heteroatoms. The lowest BCUT2D eigenvalue weighted by Gasteiger charge is -2.33. The van der Waals surface area contributed by atoms with Gasteiger partial charge in [0.1, 0.15) is 23.4 Å². The fraction of sp³-hybridized carbons (Fsp3) is 0.346. The molecule has 0 fully saturated rings. The maximum atomic E-state index is 13.6. The number of thiol groups is 1. The number of hydrogen-bond acceptors (Lipinski definition) is 6. The van der Waals surface area contributed by atoms with Crippen LogP contribution in [0.2, 0.25) is 0 Å². The molecule has 8 nitrogen and oxygen atoms in total. The Labute approximate surface area is 211 Å². The number of hydrogen-bond donors (Lipinski definition) is 4. The molecule has 2 aromatic carbocycles. The zero-order chi connectivity index (χ0) is 26.2. The highest BCUT2D eigenvalue weighted by Gasteiger charge is 2.35. The van der Waals surface area contributed by atoms with E-state index in [1.165, 1.54) is 23.1 Å². The molecule has 3 amide bonds. The van der Waals surface area contributed by atoms with Crippen LogP contribution in [0.3, 0.4) is 0 Å². The second-order valence-corrected chi connectivity index (χ2v) is 9.33. The van der Waals surface area contributed by atoms with Crippen molar-refractivity contribution >= 4 is 36.2 Å². The fourth-order valence-corrected chi connectivity index (χ4v) is 3.63. The number of aryl methyl sites for hydroxylation is 1. The van der Waals surface area contributed by atoms with Crippen molar-refractivity contribution in [3.05, 3.63) is 72.3 Å². The zero-order valence-electron chi connectivity index (χ0n) is 20.4. The van der Waals surface area contributed by atoms with E-state index in [-0.39, 0.29) is 18.0 Å². The summed E-state index contributed by atoms with van der Waals surface area (Å²) in [6.45, 7) is 10.7. The molecular formula is C26H33N3O5S. The number of aromatic hydroxyl groups is 1. The molecule has 0 saturated carbocycles. The number of nitrogens with one attached hydrogen (secondary N) is 2. The Morgan fingerprint density at radius 1 is 1.17 bits per heavy atom. The summed E-state index contributed by atoms with van der Waals surface area (Å²) in [5.41, 5.74) is 1.07. The van der Waals surface area contributed by atoms with Gasteiger partial charge in [0.2, 0.25) is 5.91 Å². The summed E-state index contributed by atoms with van der Waals surface area (Å²) in [4.78, 5) is 40.8. The van der Waals surface area contributed by atoms with Crippen LogP contribution >= 0.6 is 12.6 Å². The zero-order valence-corrected chi connectivity index (χ0v) is 21.3. The summed E-state index contributed by atoms with van der Waals surface area (Å²) in [5.74, 6) is -1.13. The molecule has 2 unspecified atom stereocenters. The van der Waals surface area contributed by atoms with E-state index in [0.717, 1.165) is 5.56 Å². The summed E-state index contributed by atoms with van der Waals surface area (Å²) >= 11 is 4.24. The highest BCUT2D eigenvalue weighted by Crippen LogP contribution is 2.27. The summed E-state index contributed by atoms with van der Waals surface area (Å²) in [7, 11) is 0. The van der Waals surface area contributed by atoms with Crippen molar-refractivity contribution in [2.75, 3.05) is 17.6 Å². The molecule has 0 aliphatic heterocycles. The minimum atomic E-state index is -1.13. The first kappa shape index (κ1) is 27.8. The molecule has 0 heterocycles. The average Bonchev–Trinajstić information content (AvgIpc) is 2.77. The van der Waals surface area contributed by atoms with Crippen LogP contribution in [0.15, 0.2) is 61.2 Å². The molecule has 2 atom stereocenters. The van der Waals surface area contributed by atoms with E-state index in [1.54, 1.807) is 45.0 Å². The van der Waals surface area contributed by atoms with Crippen LogP contribution in [0.1, 0.15) is 37.9 Å². The summed E-state index contributed by atoms with van der Waals surface area (Å²) in [6, 6.07) is 11.2. The monoisotopic (exact) mass is 499 g/mol. The first-order valence-corrected chi connectivity index (χ1v) is 11.8. The van der Waals surface area contributed by atoms with Crippen molar-refractivity contribution in [2.24, 2.45) is 0 Å². The van der Waals surface area contributed by atoms with Crippen LogP contribution in [0.5, 0.6) is 5.75 Å². The maximum absolute atomic E-state index is 13.6. The number of rotatable bonds is 9. The van der Waals surface area contributed by atoms with Gasteiger partial charge in [-0.1, -0.05) is 36.4 Å². The van der Waals surface area contributed by atoms with Crippen LogP contribution in [0.4, 0.5) is 10.5 Å². The SMILES string of the molecule is C=CCN(C(=O)C(CS)NC(=O)OC(C)(C)C)C(C(=O)Nc1ccccc1C)c1cccc(O)c1. The Kier molecular flexibility index (Phi) is 9.77. The normalized spacial score (nSPS) is 12.7. The van der Waals surface area contributed by atoms with Crippen LogP contribution in [-0.4, -0.2) is 51.9 Å². The second-order valence-electron chi connectivity index (χ2n) is 8.96. The molecule has 0 spiro atoms. The van der Waals surface area contributed by atoms with Gasteiger partial charge in [-0.15, -0.1) is 6.58 Å². The van der Waals surface area contributed by atoms with E-state index in [9.17, 15) is 19.5 Å². The van der Waals surface area contributed by atoms with E-state index in [4.69, 9.17) is 4.74 Å². The van der Waals surface area contributed by atoms with Crippen molar-refractivity contribution in [2.45, 2.75) is 45.4 Å². The predicted octanol–water partition coefficient (Wildman–Crippen LogP) is 4.22. The van der Waals surface area contributed by atoms with Crippen LogP contribution in [0.25, 0.3) is 0 Å². The van der Waals surface area contributed by atoms with Crippen molar-refractivity contribution < 1.29 is 24.2 Å². The third kappa shape index (κ3) is 8.06. The van der Waals surface area contributed by atoms with Gasteiger partial charge in [0.25, 0.3) is 5.91 Å². The molecule has 0 radical (unpaired) electrons. The van der Waals surface area contributed by atoms with E-state index >= 15 is 0 Å². The lowest BCUT2D eigenvalue weighted by Crippen LogP contribution is -2.53. The Morgan fingerprint density at radius 3 is 2.43 bits per heavy atom. The molecule has 2 aromatic rings. The number of benzene rings is 2. The number of para-hydroxylation sites is 1. The van der Waals surface area contributed by atoms with Crippen molar-refractivity contribution in [3.8, 4) is 5.75 Å². The number of carbonyl (C=O) groups is 3. The molecule has 2 rings (SSSR count). The third-order valence-electron chi connectivity index (χ3n) is 4.93. The van der Waals surface area contributed by atoms with Crippen molar-refractivity contribution in [1.29, 1.82) is 0 Å². The van der Waals surface area contributed by atoms with Gasteiger partial charge in [0.15, 0.2) is 0 Å². The van der Waals surface area contributed by atoms with Crippen LogP contribution < -0.4 is 10.6 Å². The van der Waals surface area contributed by atoms with Gasteiger partial charge in [0, 0.05) is 18.0 Å². The molecule has 0 bridgehead atoms. The van der Waals surface area contributed by atoms with Gasteiger partial charge >= 0.3 is 6.09 Å². The number of nitrogens with zero attached hydrogens (tertiary/aromatic N) is 1. The van der Waals surface area contributed by atoms with E-state index in [2.05, 4.69) is 29.8 Å². The Bertz CT molecular complexity index is 1070. The van der Waals surface area contributed by atoms with Gasteiger partial charge < -0.3 is 25.4 Å². The minimum absolute atomic E-state index is 0.000619. The number of carbonyl (C=O) groups excluding carboxylic acids is 3. The summed E-state index contributed by atoms with van der Waals surface area (Å²) in [6.07, 6.45) is 0.708. The molecule has 35 heavy (non-hydrogen) atoms. The fourth-order valence-electron chi connectivity index (χ4n) is 3.38. The molecule has 0 aliphatic carbocycles. The molecule has 0 aliphatic rings. The first-order chi connectivity index (χ1) is 16.5. The van der Waals surface area contributed by atoms with Gasteiger partial charge in [-0.05, 0) is 57.0 Å². The Morgan fingerprint density at radius 2 is 1.86 bits per heavy atom. The van der Waals surface area contributed by atoms with E-state index < -0.39 is 35.6 Å². The minimum Gasteiger partial charge on any atom is -0.508 e. The van der Waals surface area contributed by atoms with Gasteiger partial charge in [-0.3, -0.25) is 9.59 Å². The Balaban J connectivity index is 2.45. The highest BCUT2D eigenvalue weighted by atomic mass is 32.1. The summed E-state index contributed by atoms with van der Waals surface area (Å²) in [5, 5.41) is 15.5. The summed E-state index contributed by atoms with van der Waals surface area (Å²) < 4.78 is 5.27. The van der Waals surface area contributed by atoms with Gasteiger partial charge in [-0.25, -0.2) is 4.79 Å². The number of phenolic OH excluding ortho intramolecular Hbond substituents is 1. The van der Waals surface area contributed by atoms with Crippen molar-refractivity contribution in [3.63, 3.8) is 0 Å². The van der Waals surface area contributed by atoms with E-state index in [1.807, 2.05) is 19.1 Å². The topological polar surface area (TPSA) is 108 Å². The van der Waals surface area contributed by atoms with Crippen LogP contribution in [0, 0.1) is 6.92 Å². The molecule has 0 saturated heterocycles. The van der Waals surface area contributed by atoms with Crippen molar-refractivity contribution in [1.82, 2.24) is 10.2 Å². The number of anilines is 1. The molecular weight excluding hydrogens is 466 g/mol. The quantitative estimate of drug-likeness (QED) is 0.305. The Hall–Kier alpha value is -3.46. The van der Waals surface area contributed by atoms with Gasteiger partial charge in [-0.2, -0.15) is 12.6 Å². The number of amides is 3. The number of phenols is 1. The lowest BCUT2D eigenvalue weighted by molar-refractivity contribution is -0.139. The predicted molar refractivity (Wildman–Crippen MR) is 140 cm³/mol. The standard InChI is InChI=1S/C26H33N3O5S/c1-6-14-29(24(32)21(16-35)28-25(33)34-26(3,4)5)22(18-11-9-12-19(30)15-18)23(31)27-20-13-8-7-10-17(20)2/h6-13,15,21-22,30,35H,1,14,16H2,2-5H3,(H,27,31)(H,28,33). The van der Waals surface area contributed by atoms with Gasteiger partial charge in [0.05, 0.1) is 0 Å². The third-order valence-corrected chi connectivity index (χ3v) is 5.29. The largest absolute Gasteiger partial charge is 0.508 e. The highest BCUT2D eigenvalue weighted by molar-refractivity contribution is 7.80. The van der Waals surface area contributed by atoms with Crippen LogP contribution in [-0.2, 0) is 14.3 Å².